The normalized spacial score (nSPS) is 15.8. The van der Waals surface area contributed by atoms with Crippen LogP contribution in [0, 0.1) is 6.92 Å². The Morgan fingerprint density at radius 1 is 1.14 bits per heavy atom. The van der Waals surface area contributed by atoms with E-state index in [1.54, 1.807) is 18.5 Å². The molecule has 0 saturated heterocycles. The van der Waals surface area contributed by atoms with E-state index in [2.05, 4.69) is 34.3 Å². The van der Waals surface area contributed by atoms with E-state index in [-0.39, 0.29) is 5.91 Å². The fourth-order valence-electron chi connectivity index (χ4n) is 2.40. The highest BCUT2D eigenvalue weighted by molar-refractivity contribution is 6.14. The SMILES string of the molecule is Cc1ccccc1CCC1=N/C(=C/c2cccnc2)C(=O)N1. The number of pyridine rings is 1. The minimum absolute atomic E-state index is 0.149. The highest BCUT2D eigenvalue weighted by Crippen LogP contribution is 2.15. The number of nitrogens with zero attached hydrogens (tertiary/aromatic N) is 2. The Hall–Kier alpha value is -2.75. The molecule has 0 atom stereocenters. The molecule has 1 aliphatic heterocycles. The van der Waals surface area contributed by atoms with Gasteiger partial charge in [0.05, 0.1) is 0 Å². The van der Waals surface area contributed by atoms with E-state index in [0.29, 0.717) is 5.70 Å². The number of aliphatic imine (C=N–C) groups is 1. The molecule has 0 bridgehead atoms. The highest BCUT2D eigenvalue weighted by Gasteiger charge is 2.19. The molecule has 1 amide bonds. The Morgan fingerprint density at radius 2 is 2.00 bits per heavy atom. The summed E-state index contributed by atoms with van der Waals surface area (Å²) in [6.45, 7) is 2.10. The average Bonchev–Trinajstić information content (AvgIpc) is 2.88. The lowest BCUT2D eigenvalue weighted by atomic mass is 10.0. The van der Waals surface area contributed by atoms with E-state index in [4.69, 9.17) is 0 Å². The number of aromatic nitrogens is 1. The van der Waals surface area contributed by atoms with Crippen molar-refractivity contribution in [2.75, 3.05) is 0 Å². The van der Waals surface area contributed by atoms with Gasteiger partial charge in [0, 0.05) is 18.8 Å². The molecule has 22 heavy (non-hydrogen) atoms. The molecule has 0 spiro atoms. The summed E-state index contributed by atoms with van der Waals surface area (Å²) in [4.78, 5) is 20.4. The maximum Gasteiger partial charge on any atom is 0.275 e. The van der Waals surface area contributed by atoms with Crippen LogP contribution in [0.3, 0.4) is 0 Å². The van der Waals surface area contributed by atoms with Gasteiger partial charge in [-0.25, -0.2) is 4.99 Å². The van der Waals surface area contributed by atoms with Crippen LogP contribution in [0.5, 0.6) is 0 Å². The Labute approximate surface area is 129 Å². The Kier molecular flexibility index (Phi) is 4.10. The molecule has 0 unspecified atom stereocenters. The molecule has 2 aromatic rings. The van der Waals surface area contributed by atoms with Gasteiger partial charge < -0.3 is 5.32 Å². The van der Waals surface area contributed by atoms with Crippen molar-refractivity contribution >= 4 is 17.8 Å². The lowest BCUT2D eigenvalue weighted by Gasteiger charge is -2.04. The summed E-state index contributed by atoms with van der Waals surface area (Å²) in [6.07, 6.45) is 6.75. The summed E-state index contributed by atoms with van der Waals surface area (Å²) in [5.41, 5.74) is 3.85. The van der Waals surface area contributed by atoms with Crippen LogP contribution >= 0.6 is 0 Å². The average molecular weight is 291 g/mol. The first-order valence-corrected chi connectivity index (χ1v) is 7.27. The summed E-state index contributed by atoms with van der Waals surface area (Å²) < 4.78 is 0. The third-order valence-corrected chi connectivity index (χ3v) is 3.63. The highest BCUT2D eigenvalue weighted by atomic mass is 16.2. The van der Waals surface area contributed by atoms with Crippen LogP contribution in [0.1, 0.15) is 23.1 Å². The Morgan fingerprint density at radius 3 is 2.77 bits per heavy atom. The van der Waals surface area contributed by atoms with Crippen LogP contribution < -0.4 is 5.32 Å². The van der Waals surface area contributed by atoms with E-state index in [0.717, 1.165) is 24.2 Å². The van der Waals surface area contributed by atoms with Crippen molar-refractivity contribution in [3.63, 3.8) is 0 Å². The minimum atomic E-state index is -0.149. The number of amidine groups is 1. The van der Waals surface area contributed by atoms with Crippen molar-refractivity contribution < 1.29 is 4.79 Å². The van der Waals surface area contributed by atoms with Crippen LogP contribution in [-0.4, -0.2) is 16.7 Å². The van der Waals surface area contributed by atoms with Gasteiger partial charge in [-0.2, -0.15) is 0 Å². The number of carbonyl (C=O) groups excluding carboxylic acids is 1. The molecule has 1 aromatic carbocycles. The zero-order valence-electron chi connectivity index (χ0n) is 12.4. The van der Waals surface area contributed by atoms with Gasteiger partial charge in [0.25, 0.3) is 5.91 Å². The summed E-state index contributed by atoms with van der Waals surface area (Å²) in [5.74, 6) is 0.576. The van der Waals surface area contributed by atoms with Crippen LogP contribution in [0.2, 0.25) is 0 Å². The molecule has 1 aliphatic rings. The lowest BCUT2D eigenvalue weighted by molar-refractivity contribution is -0.115. The number of rotatable bonds is 4. The molecule has 2 heterocycles. The first-order valence-electron chi connectivity index (χ1n) is 7.27. The topological polar surface area (TPSA) is 54.4 Å². The van der Waals surface area contributed by atoms with Crippen molar-refractivity contribution in [1.82, 2.24) is 10.3 Å². The van der Waals surface area contributed by atoms with Gasteiger partial charge in [-0.05, 0) is 42.2 Å². The zero-order valence-corrected chi connectivity index (χ0v) is 12.4. The zero-order chi connectivity index (χ0) is 15.4. The second-order valence-electron chi connectivity index (χ2n) is 5.26. The smallest absolute Gasteiger partial charge is 0.275 e. The van der Waals surface area contributed by atoms with Crippen molar-refractivity contribution in [2.24, 2.45) is 4.99 Å². The van der Waals surface area contributed by atoms with E-state index >= 15 is 0 Å². The fraction of sp³-hybridized carbons (Fsp3) is 0.167. The maximum absolute atomic E-state index is 12.0. The van der Waals surface area contributed by atoms with Crippen molar-refractivity contribution in [3.8, 4) is 0 Å². The number of benzene rings is 1. The standard InChI is InChI=1S/C18H17N3O/c1-13-5-2-3-7-15(13)8-9-17-20-16(18(22)21-17)11-14-6-4-10-19-12-14/h2-7,10-12H,8-9H2,1H3,(H,20,21,22)/b16-11+. The van der Waals surface area contributed by atoms with E-state index in [1.807, 2.05) is 24.3 Å². The maximum atomic E-state index is 12.0. The number of amides is 1. The Bertz CT molecular complexity index is 748. The molecule has 1 N–H and O–H groups in total. The fourth-order valence-corrected chi connectivity index (χ4v) is 2.40. The van der Waals surface area contributed by atoms with Gasteiger partial charge in [0.2, 0.25) is 0 Å². The van der Waals surface area contributed by atoms with Crippen molar-refractivity contribution in [1.29, 1.82) is 0 Å². The first kappa shape index (κ1) is 14.2. The molecule has 1 aromatic heterocycles. The second-order valence-corrected chi connectivity index (χ2v) is 5.26. The van der Waals surface area contributed by atoms with Gasteiger partial charge in [0.1, 0.15) is 11.5 Å². The quantitative estimate of drug-likeness (QED) is 0.881. The van der Waals surface area contributed by atoms with Gasteiger partial charge in [-0.15, -0.1) is 0 Å². The van der Waals surface area contributed by atoms with E-state index in [9.17, 15) is 4.79 Å². The number of hydrogen-bond donors (Lipinski definition) is 1. The molecular weight excluding hydrogens is 274 g/mol. The third-order valence-electron chi connectivity index (χ3n) is 3.63. The predicted octanol–water partition coefficient (Wildman–Crippen LogP) is 2.89. The molecule has 3 rings (SSSR count). The number of hydrogen-bond acceptors (Lipinski definition) is 3. The van der Waals surface area contributed by atoms with Gasteiger partial charge in [0.15, 0.2) is 0 Å². The largest absolute Gasteiger partial charge is 0.309 e. The van der Waals surface area contributed by atoms with Gasteiger partial charge in [-0.1, -0.05) is 30.3 Å². The molecular formula is C18H17N3O. The van der Waals surface area contributed by atoms with Crippen molar-refractivity contribution in [2.45, 2.75) is 19.8 Å². The molecule has 110 valence electrons. The van der Waals surface area contributed by atoms with E-state index < -0.39 is 0 Å². The van der Waals surface area contributed by atoms with E-state index in [1.165, 1.54) is 11.1 Å². The monoisotopic (exact) mass is 291 g/mol. The molecule has 0 radical (unpaired) electrons. The minimum Gasteiger partial charge on any atom is -0.309 e. The summed E-state index contributed by atoms with van der Waals surface area (Å²) in [6, 6.07) is 12.0. The summed E-state index contributed by atoms with van der Waals surface area (Å²) in [5, 5.41) is 2.84. The second kappa shape index (κ2) is 6.35. The number of aryl methyl sites for hydroxylation is 2. The van der Waals surface area contributed by atoms with Crippen LogP contribution in [0.25, 0.3) is 6.08 Å². The van der Waals surface area contributed by atoms with Crippen LogP contribution in [-0.2, 0) is 11.2 Å². The van der Waals surface area contributed by atoms with Crippen molar-refractivity contribution in [3.05, 3.63) is 71.2 Å². The van der Waals surface area contributed by atoms with Crippen LogP contribution in [0.15, 0.2) is 59.5 Å². The Balaban J connectivity index is 1.71. The molecule has 0 aliphatic carbocycles. The summed E-state index contributed by atoms with van der Waals surface area (Å²) >= 11 is 0. The van der Waals surface area contributed by atoms with Crippen LogP contribution in [0.4, 0.5) is 0 Å². The molecule has 0 saturated carbocycles. The third kappa shape index (κ3) is 3.28. The molecule has 0 fully saturated rings. The molecule has 4 heteroatoms. The summed E-state index contributed by atoms with van der Waals surface area (Å²) in [7, 11) is 0. The van der Waals surface area contributed by atoms with Gasteiger partial charge >= 0.3 is 0 Å². The van der Waals surface area contributed by atoms with Gasteiger partial charge in [-0.3, -0.25) is 9.78 Å². The lowest BCUT2D eigenvalue weighted by Crippen LogP contribution is -2.24. The predicted molar refractivity (Wildman–Crippen MR) is 87.3 cm³/mol. The number of carbonyl (C=O) groups is 1. The first-order chi connectivity index (χ1) is 10.7. The molecule has 4 nitrogen and oxygen atoms in total. The number of nitrogens with one attached hydrogen (secondary N) is 1.